The van der Waals surface area contributed by atoms with Gasteiger partial charge in [0, 0.05) is 19.1 Å². The van der Waals surface area contributed by atoms with Gasteiger partial charge in [-0.2, -0.15) is 4.31 Å². The maximum atomic E-state index is 11.5. The molecule has 1 fully saturated rings. The molecule has 1 heterocycles. The summed E-state index contributed by atoms with van der Waals surface area (Å²) in [5.74, 6) is 0.364. The number of nitrogens with zero attached hydrogens (tertiary/aromatic N) is 2. The van der Waals surface area contributed by atoms with Crippen molar-refractivity contribution in [3.05, 3.63) is 0 Å². The Morgan fingerprint density at radius 2 is 2.00 bits per heavy atom. The summed E-state index contributed by atoms with van der Waals surface area (Å²) in [7, 11) is 0.715. The van der Waals surface area contributed by atoms with E-state index >= 15 is 0 Å². The zero-order chi connectivity index (χ0) is 10.9. The molecule has 0 N–H and O–H groups in total. The van der Waals surface area contributed by atoms with E-state index in [2.05, 4.69) is 11.8 Å². The van der Waals surface area contributed by atoms with E-state index in [-0.39, 0.29) is 5.21 Å². The average molecular weight is 241 g/mol. The van der Waals surface area contributed by atoms with Gasteiger partial charge in [0.25, 0.3) is 0 Å². The fraction of sp³-hybridized carbons (Fsp3) is 1.00. The molecule has 0 aliphatic carbocycles. The predicted molar refractivity (Wildman–Crippen MR) is 57.9 cm³/mol. The first kappa shape index (κ1) is 12.2. The Kier molecular flexibility index (Phi) is 3.80. The average Bonchev–Trinajstić information content (AvgIpc) is 2.48. The van der Waals surface area contributed by atoms with Gasteiger partial charge in [-0.15, -0.1) is 11.6 Å². The largest absolute Gasteiger partial charge is 0.305 e. The third-order valence-corrected chi connectivity index (χ3v) is 4.92. The molecule has 4 nitrogen and oxygen atoms in total. The molecule has 0 aromatic rings. The second-order valence-electron chi connectivity index (χ2n) is 4.05. The van der Waals surface area contributed by atoms with E-state index in [4.69, 9.17) is 11.6 Å². The van der Waals surface area contributed by atoms with Gasteiger partial charge < -0.3 is 4.90 Å². The minimum atomic E-state index is -3.23. The molecule has 1 saturated heterocycles. The molecule has 0 radical (unpaired) electrons. The van der Waals surface area contributed by atoms with Crippen molar-refractivity contribution in [1.82, 2.24) is 9.21 Å². The van der Waals surface area contributed by atoms with Crippen LogP contribution in [0.4, 0.5) is 0 Å². The SMILES string of the molecule is CC1CN(S(=O)(=O)CCl)CC1N(C)C. The van der Waals surface area contributed by atoms with Crippen molar-refractivity contribution < 1.29 is 8.42 Å². The van der Waals surface area contributed by atoms with Crippen molar-refractivity contribution in [2.24, 2.45) is 5.92 Å². The van der Waals surface area contributed by atoms with Gasteiger partial charge in [0.05, 0.1) is 0 Å². The Morgan fingerprint density at radius 1 is 1.43 bits per heavy atom. The molecule has 0 saturated carbocycles. The lowest BCUT2D eigenvalue weighted by atomic mass is 10.1. The standard InChI is InChI=1S/C8H17ClN2O2S/c1-7-4-11(14(12,13)6-9)5-8(7)10(2)3/h7-8H,4-6H2,1-3H3. The van der Waals surface area contributed by atoms with Crippen molar-refractivity contribution >= 4 is 21.6 Å². The summed E-state index contributed by atoms with van der Waals surface area (Å²) in [4.78, 5) is 2.06. The highest BCUT2D eigenvalue weighted by molar-refractivity contribution is 7.90. The lowest BCUT2D eigenvalue weighted by molar-refractivity contribution is 0.263. The number of halogens is 1. The Bertz CT molecular complexity index is 292. The van der Waals surface area contributed by atoms with Gasteiger partial charge in [0.1, 0.15) is 5.21 Å². The van der Waals surface area contributed by atoms with Crippen LogP contribution in [0.1, 0.15) is 6.92 Å². The van der Waals surface area contributed by atoms with Gasteiger partial charge in [0.15, 0.2) is 0 Å². The molecule has 1 aliphatic rings. The number of sulfonamides is 1. The summed E-state index contributed by atoms with van der Waals surface area (Å²) in [5.41, 5.74) is 0. The normalized spacial score (nSPS) is 30.1. The molecule has 1 rings (SSSR count). The predicted octanol–water partition coefficient (Wildman–Crippen LogP) is 0.394. The molecule has 0 aromatic heterocycles. The van der Waals surface area contributed by atoms with E-state index in [0.29, 0.717) is 25.0 Å². The molecule has 2 unspecified atom stereocenters. The van der Waals surface area contributed by atoms with Crippen LogP contribution >= 0.6 is 11.6 Å². The molecule has 0 bridgehead atoms. The first-order valence-corrected chi connectivity index (χ1v) is 6.73. The van der Waals surface area contributed by atoms with Crippen LogP contribution in [-0.2, 0) is 10.0 Å². The van der Waals surface area contributed by atoms with E-state index < -0.39 is 10.0 Å². The highest BCUT2D eigenvalue weighted by Gasteiger charge is 2.36. The van der Waals surface area contributed by atoms with Crippen LogP contribution in [0.5, 0.6) is 0 Å². The topological polar surface area (TPSA) is 40.6 Å². The molecule has 0 amide bonds. The number of likely N-dealkylation sites (N-methyl/N-ethyl adjacent to an activating group) is 1. The number of alkyl halides is 1. The third kappa shape index (κ3) is 2.39. The molecule has 6 heteroatoms. The maximum Gasteiger partial charge on any atom is 0.228 e. The van der Waals surface area contributed by atoms with E-state index in [1.54, 1.807) is 0 Å². The van der Waals surface area contributed by atoms with Crippen molar-refractivity contribution in [3.63, 3.8) is 0 Å². The lowest BCUT2D eigenvalue weighted by Gasteiger charge is -2.22. The summed E-state index contributed by atoms with van der Waals surface area (Å²) in [5, 5.41) is -0.320. The van der Waals surface area contributed by atoms with E-state index in [0.717, 1.165) is 0 Å². The smallest absolute Gasteiger partial charge is 0.228 e. The minimum absolute atomic E-state index is 0.299. The van der Waals surface area contributed by atoms with Crippen molar-refractivity contribution in [3.8, 4) is 0 Å². The van der Waals surface area contributed by atoms with Crippen LogP contribution in [-0.4, -0.2) is 56.1 Å². The van der Waals surface area contributed by atoms with Crippen molar-refractivity contribution in [2.75, 3.05) is 32.4 Å². The zero-order valence-electron chi connectivity index (χ0n) is 8.77. The van der Waals surface area contributed by atoms with Gasteiger partial charge in [-0.05, 0) is 20.0 Å². The quantitative estimate of drug-likeness (QED) is 0.671. The fourth-order valence-corrected chi connectivity index (χ4v) is 3.27. The molecule has 0 aromatic carbocycles. The highest BCUT2D eigenvalue weighted by atomic mass is 35.5. The van der Waals surface area contributed by atoms with Crippen LogP contribution in [0.3, 0.4) is 0 Å². The van der Waals surface area contributed by atoms with Crippen LogP contribution in [0.25, 0.3) is 0 Å². The monoisotopic (exact) mass is 240 g/mol. The Balaban J connectivity index is 2.73. The molecule has 2 atom stereocenters. The Hall–Kier alpha value is 0.160. The Morgan fingerprint density at radius 3 is 2.36 bits per heavy atom. The van der Waals surface area contributed by atoms with E-state index in [1.165, 1.54) is 4.31 Å². The first-order chi connectivity index (χ1) is 6.38. The van der Waals surface area contributed by atoms with Gasteiger partial charge in [0.2, 0.25) is 10.0 Å². The highest BCUT2D eigenvalue weighted by Crippen LogP contribution is 2.22. The summed E-state index contributed by atoms with van der Waals surface area (Å²) in [6.07, 6.45) is 0. The van der Waals surface area contributed by atoms with Gasteiger partial charge in [-0.25, -0.2) is 8.42 Å². The molecular weight excluding hydrogens is 224 g/mol. The van der Waals surface area contributed by atoms with Crippen LogP contribution in [0.15, 0.2) is 0 Å². The van der Waals surface area contributed by atoms with Gasteiger partial charge >= 0.3 is 0 Å². The number of hydrogen-bond acceptors (Lipinski definition) is 3. The van der Waals surface area contributed by atoms with Crippen LogP contribution in [0, 0.1) is 5.92 Å². The molecule has 0 spiro atoms. The second-order valence-corrected chi connectivity index (χ2v) is 6.60. The summed E-state index contributed by atoms with van der Waals surface area (Å²) >= 11 is 5.41. The second kappa shape index (κ2) is 4.35. The maximum absolute atomic E-state index is 11.5. The molecule has 84 valence electrons. The first-order valence-electron chi connectivity index (χ1n) is 4.58. The van der Waals surface area contributed by atoms with E-state index in [1.807, 2.05) is 14.1 Å². The molecular formula is C8H17ClN2O2S. The van der Waals surface area contributed by atoms with Gasteiger partial charge in [-0.1, -0.05) is 6.92 Å². The van der Waals surface area contributed by atoms with Gasteiger partial charge in [-0.3, -0.25) is 0 Å². The van der Waals surface area contributed by atoms with Crippen molar-refractivity contribution in [1.29, 1.82) is 0 Å². The van der Waals surface area contributed by atoms with Crippen LogP contribution in [0.2, 0.25) is 0 Å². The third-order valence-electron chi connectivity index (χ3n) is 2.73. The molecule has 14 heavy (non-hydrogen) atoms. The Labute approximate surface area is 90.9 Å². The minimum Gasteiger partial charge on any atom is -0.305 e. The summed E-state index contributed by atoms with van der Waals surface area (Å²) < 4.78 is 24.5. The van der Waals surface area contributed by atoms with E-state index in [9.17, 15) is 8.42 Å². The number of hydrogen-bond donors (Lipinski definition) is 0. The van der Waals surface area contributed by atoms with Crippen molar-refractivity contribution in [2.45, 2.75) is 13.0 Å². The molecule has 1 aliphatic heterocycles. The lowest BCUT2D eigenvalue weighted by Crippen LogP contribution is -2.36. The van der Waals surface area contributed by atoms with Crippen LogP contribution < -0.4 is 0 Å². The summed E-state index contributed by atoms with van der Waals surface area (Å²) in [6.45, 7) is 3.20. The summed E-state index contributed by atoms with van der Waals surface area (Å²) in [6, 6.07) is 0.299. The number of rotatable bonds is 3. The zero-order valence-corrected chi connectivity index (χ0v) is 10.3. The fourth-order valence-electron chi connectivity index (χ4n) is 1.87.